The van der Waals surface area contributed by atoms with Gasteiger partial charge in [-0.15, -0.1) is 0 Å². The highest BCUT2D eigenvalue weighted by molar-refractivity contribution is 5.50. The number of anilines is 1. The van der Waals surface area contributed by atoms with Crippen molar-refractivity contribution in [3.8, 4) is 11.6 Å². The van der Waals surface area contributed by atoms with Crippen LogP contribution in [0.5, 0.6) is 0 Å². The van der Waals surface area contributed by atoms with E-state index in [-0.39, 0.29) is 0 Å². The minimum absolute atomic E-state index is 0.400. The number of aromatic nitrogens is 3. The Bertz CT molecular complexity index is 582. The molecule has 112 valence electrons. The topological polar surface area (TPSA) is 87.1 Å². The summed E-state index contributed by atoms with van der Waals surface area (Å²) in [4.78, 5) is 8.73. The predicted molar refractivity (Wildman–Crippen MR) is 78.3 cm³/mol. The smallest absolute Gasteiger partial charge is 0.276 e. The molecule has 2 aromatic rings. The molecule has 3 rings (SSSR count). The zero-order valence-corrected chi connectivity index (χ0v) is 12.2. The highest BCUT2D eigenvalue weighted by atomic mass is 16.5. The molecule has 2 heterocycles. The predicted octanol–water partition coefficient (Wildman–Crippen LogP) is 2.91. The molecule has 0 spiro atoms. The summed E-state index contributed by atoms with van der Waals surface area (Å²) in [6.07, 6.45) is 6.95. The van der Waals surface area contributed by atoms with Crippen LogP contribution >= 0.6 is 0 Å². The van der Waals surface area contributed by atoms with Crippen molar-refractivity contribution in [2.75, 3.05) is 12.3 Å². The van der Waals surface area contributed by atoms with Gasteiger partial charge in [0, 0.05) is 6.61 Å². The third-order valence-corrected chi connectivity index (χ3v) is 3.92. The molecule has 1 aliphatic rings. The number of nitrogen functional groups attached to an aromatic ring is 1. The average Bonchev–Trinajstić information content (AvgIpc) is 3.00. The molecule has 2 aromatic heterocycles. The quantitative estimate of drug-likeness (QED) is 0.930. The second-order valence-electron chi connectivity index (χ2n) is 5.39. The van der Waals surface area contributed by atoms with E-state index in [4.69, 9.17) is 15.0 Å². The number of hydrogen-bond donors (Lipinski definition) is 1. The molecule has 0 unspecified atom stereocenters. The Labute approximate surface area is 123 Å². The number of rotatable bonds is 4. The van der Waals surface area contributed by atoms with E-state index >= 15 is 0 Å². The summed E-state index contributed by atoms with van der Waals surface area (Å²) < 4.78 is 11.4. The molecule has 1 aliphatic carbocycles. The van der Waals surface area contributed by atoms with Gasteiger partial charge in [0.05, 0.1) is 11.9 Å². The third kappa shape index (κ3) is 2.76. The van der Waals surface area contributed by atoms with Gasteiger partial charge in [-0.1, -0.05) is 24.4 Å². The lowest BCUT2D eigenvalue weighted by Crippen LogP contribution is -2.33. The van der Waals surface area contributed by atoms with Gasteiger partial charge in [0.15, 0.2) is 0 Å². The van der Waals surface area contributed by atoms with E-state index < -0.39 is 5.60 Å². The van der Waals surface area contributed by atoms with E-state index in [0.29, 0.717) is 29.7 Å². The molecule has 0 bridgehead atoms. The second-order valence-corrected chi connectivity index (χ2v) is 5.39. The Morgan fingerprint density at radius 3 is 2.76 bits per heavy atom. The summed E-state index contributed by atoms with van der Waals surface area (Å²) in [6, 6.07) is 3.55. The van der Waals surface area contributed by atoms with Crippen LogP contribution in [0.4, 0.5) is 5.69 Å². The first-order valence-electron chi connectivity index (χ1n) is 7.43. The SMILES string of the molecule is CCOC1(c2noc(-c3ccc(N)cn3)n2)CCCCC1. The van der Waals surface area contributed by atoms with Crippen LogP contribution in [0.25, 0.3) is 11.6 Å². The Morgan fingerprint density at radius 1 is 1.29 bits per heavy atom. The minimum Gasteiger partial charge on any atom is -0.397 e. The molecule has 6 heteroatoms. The van der Waals surface area contributed by atoms with Gasteiger partial charge < -0.3 is 15.0 Å². The maximum absolute atomic E-state index is 6.00. The monoisotopic (exact) mass is 288 g/mol. The third-order valence-electron chi connectivity index (χ3n) is 3.92. The van der Waals surface area contributed by atoms with Crippen LogP contribution in [0.3, 0.4) is 0 Å². The zero-order chi connectivity index (χ0) is 14.7. The highest BCUT2D eigenvalue weighted by Crippen LogP contribution is 2.39. The van der Waals surface area contributed by atoms with Crippen LogP contribution in [0.2, 0.25) is 0 Å². The van der Waals surface area contributed by atoms with Crippen LogP contribution in [-0.2, 0) is 10.3 Å². The maximum Gasteiger partial charge on any atom is 0.276 e. The summed E-state index contributed by atoms with van der Waals surface area (Å²) in [5, 5.41) is 4.15. The van der Waals surface area contributed by atoms with Gasteiger partial charge in [-0.05, 0) is 31.9 Å². The first-order valence-corrected chi connectivity index (χ1v) is 7.43. The molecule has 1 fully saturated rings. The van der Waals surface area contributed by atoms with Crippen molar-refractivity contribution in [3.05, 3.63) is 24.2 Å². The summed E-state index contributed by atoms with van der Waals surface area (Å²) in [5.41, 5.74) is 6.48. The Morgan fingerprint density at radius 2 is 2.10 bits per heavy atom. The van der Waals surface area contributed by atoms with Crippen LogP contribution < -0.4 is 5.73 Å². The largest absolute Gasteiger partial charge is 0.397 e. The molecule has 0 aromatic carbocycles. The van der Waals surface area contributed by atoms with E-state index in [1.165, 1.54) is 6.42 Å². The number of pyridine rings is 1. The number of hydrogen-bond acceptors (Lipinski definition) is 6. The van der Waals surface area contributed by atoms with E-state index in [1.807, 2.05) is 6.92 Å². The molecular formula is C15H20N4O2. The van der Waals surface area contributed by atoms with Crippen LogP contribution in [0.1, 0.15) is 44.9 Å². The van der Waals surface area contributed by atoms with Gasteiger partial charge in [-0.25, -0.2) is 4.98 Å². The van der Waals surface area contributed by atoms with Crippen molar-refractivity contribution in [2.45, 2.75) is 44.6 Å². The molecule has 6 nitrogen and oxygen atoms in total. The number of nitrogens with two attached hydrogens (primary N) is 1. The standard InChI is InChI=1S/C15H20N4O2/c1-2-20-15(8-4-3-5-9-15)14-18-13(21-19-14)12-7-6-11(16)10-17-12/h6-7,10H,2-5,8-9,16H2,1H3. The molecular weight excluding hydrogens is 268 g/mol. The van der Waals surface area contributed by atoms with Crippen LogP contribution in [-0.4, -0.2) is 21.7 Å². The molecule has 21 heavy (non-hydrogen) atoms. The molecule has 0 aliphatic heterocycles. The lowest BCUT2D eigenvalue weighted by atomic mass is 9.84. The van der Waals surface area contributed by atoms with Crippen molar-refractivity contribution in [3.63, 3.8) is 0 Å². The van der Waals surface area contributed by atoms with Crippen LogP contribution in [0, 0.1) is 0 Å². The molecule has 0 amide bonds. The minimum atomic E-state index is -0.400. The number of nitrogens with zero attached hydrogens (tertiary/aromatic N) is 3. The van der Waals surface area contributed by atoms with E-state index in [2.05, 4.69) is 15.1 Å². The van der Waals surface area contributed by atoms with Crippen molar-refractivity contribution in [2.24, 2.45) is 0 Å². The van der Waals surface area contributed by atoms with Crippen LogP contribution in [0.15, 0.2) is 22.9 Å². The van der Waals surface area contributed by atoms with Crippen molar-refractivity contribution < 1.29 is 9.26 Å². The van der Waals surface area contributed by atoms with E-state index in [1.54, 1.807) is 18.3 Å². The molecule has 2 N–H and O–H groups in total. The van der Waals surface area contributed by atoms with Crippen molar-refractivity contribution in [1.82, 2.24) is 15.1 Å². The fourth-order valence-corrected chi connectivity index (χ4v) is 2.88. The van der Waals surface area contributed by atoms with Gasteiger partial charge in [-0.2, -0.15) is 4.98 Å². The normalized spacial score (nSPS) is 17.8. The number of ether oxygens (including phenoxy) is 1. The van der Waals surface area contributed by atoms with Gasteiger partial charge in [-0.3, -0.25) is 0 Å². The van der Waals surface area contributed by atoms with Crippen molar-refractivity contribution >= 4 is 5.69 Å². The fraction of sp³-hybridized carbons (Fsp3) is 0.533. The van der Waals surface area contributed by atoms with Gasteiger partial charge >= 0.3 is 0 Å². The fourth-order valence-electron chi connectivity index (χ4n) is 2.88. The Balaban J connectivity index is 1.90. The summed E-state index contributed by atoms with van der Waals surface area (Å²) in [5.74, 6) is 1.05. The van der Waals surface area contributed by atoms with Crippen molar-refractivity contribution in [1.29, 1.82) is 0 Å². The Hall–Kier alpha value is -1.95. The lowest BCUT2D eigenvalue weighted by molar-refractivity contribution is -0.0777. The molecule has 0 radical (unpaired) electrons. The summed E-state index contributed by atoms with van der Waals surface area (Å²) >= 11 is 0. The van der Waals surface area contributed by atoms with E-state index in [0.717, 1.165) is 25.7 Å². The summed E-state index contributed by atoms with van der Waals surface area (Å²) in [7, 11) is 0. The second kappa shape index (κ2) is 5.81. The average molecular weight is 288 g/mol. The molecule has 1 saturated carbocycles. The lowest BCUT2D eigenvalue weighted by Gasteiger charge is -2.33. The first kappa shape index (κ1) is 14.0. The molecule has 0 atom stereocenters. The van der Waals surface area contributed by atoms with Gasteiger partial charge in [0.25, 0.3) is 5.89 Å². The Kier molecular flexibility index (Phi) is 3.88. The van der Waals surface area contributed by atoms with Gasteiger partial charge in [0.2, 0.25) is 5.82 Å². The van der Waals surface area contributed by atoms with Gasteiger partial charge in [0.1, 0.15) is 11.3 Å². The zero-order valence-electron chi connectivity index (χ0n) is 12.2. The van der Waals surface area contributed by atoms with E-state index in [9.17, 15) is 0 Å². The highest BCUT2D eigenvalue weighted by Gasteiger charge is 2.39. The first-order chi connectivity index (χ1) is 10.2. The molecule has 0 saturated heterocycles. The maximum atomic E-state index is 6.00. The summed E-state index contributed by atoms with van der Waals surface area (Å²) in [6.45, 7) is 2.64.